The molecule has 2 bridgehead atoms. The molecule has 124 valence electrons. The molecule has 1 aliphatic heterocycles. The van der Waals surface area contributed by atoms with Crippen molar-refractivity contribution in [2.45, 2.75) is 32.1 Å². The van der Waals surface area contributed by atoms with Gasteiger partial charge in [0.1, 0.15) is 0 Å². The summed E-state index contributed by atoms with van der Waals surface area (Å²) in [6.45, 7) is 2.94. The molecule has 0 aromatic carbocycles. The van der Waals surface area contributed by atoms with Crippen LogP contribution in [-0.4, -0.2) is 47.8 Å². The van der Waals surface area contributed by atoms with Crippen molar-refractivity contribution in [2.24, 2.45) is 17.8 Å². The highest BCUT2D eigenvalue weighted by Gasteiger charge is 2.44. The summed E-state index contributed by atoms with van der Waals surface area (Å²) in [5.74, 6) is 2.20. The molecule has 1 saturated heterocycles. The number of amides is 2. The van der Waals surface area contributed by atoms with Crippen molar-refractivity contribution >= 4 is 23.2 Å². The highest BCUT2D eigenvalue weighted by molar-refractivity contribution is 7.12. The number of hydrogen-bond donors (Lipinski definition) is 0. The van der Waals surface area contributed by atoms with Crippen molar-refractivity contribution in [3.63, 3.8) is 0 Å². The van der Waals surface area contributed by atoms with Crippen LogP contribution in [0.4, 0.5) is 0 Å². The summed E-state index contributed by atoms with van der Waals surface area (Å²) in [6, 6.07) is 3.80. The van der Waals surface area contributed by atoms with Crippen LogP contribution in [0.2, 0.25) is 0 Å². The van der Waals surface area contributed by atoms with Gasteiger partial charge in [0.05, 0.1) is 4.88 Å². The monoisotopic (exact) mass is 332 g/mol. The molecule has 2 heterocycles. The van der Waals surface area contributed by atoms with Crippen molar-refractivity contribution < 1.29 is 9.59 Å². The van der Waals surface area contributed by atoms with Crippen LogP contribution in [0.5, 0.6) is 0 Å². The largest absolute Gasteiger partial charge is 0.341 e. The number of carbonyl (C=O) groups is 2. The Hall–Kier alpha value is -1.36. The van der Waals surface area contributed by atoms with Gasteiger partial charge in [-0.2, -0.15) is 0 Å². The van der Waals surface area contributed by atoms with Crippen LogP contribution in [0.3, 0.4) is 0 Å². The van der Waals surface area contributed by atoms with Gasteiger partial charge in [0.15, 0.2) is 0 Å². The van der Waals surface area contributed by atoms with Gasteiger partial charge in [-0.25, -0.2) is 0 Å². The lowest BCUT2D eigenvalue weighted by Crippen LogP contribution is -2.41. The summed E-state index contributed by atoms with van der Waals surface area (Å²) in [6.07, 6.45) is 5.85. The van der Waals surface area contributed by atoms with E-state index in [4.69, 9.17) is 0 Å². The van der Waals surface area contributed by atoms with Gasteiger partial charge in [-0.1, -0.05) is 12.5 Å². The van der Waals surface area contributed by atoms with Crippen LogP contribution in [0.25, 0.3) is 0 Å². The third-order valence-corrected chi connectivity index (χ3v) is 6.74. The SMILES string of the molecule is O=C(c1cccs1)N1CCCN(C(=O)[C@H]2C[C@H]3CC[C@H]2C3)CC1. The van der Waals surface area contributed by atoms with Crippen LogP contribution < -0.4 is 0 Å². The molecule has 3 aliphatic rings. The number of hydrogen-bond acceptors (Lipinski definition) is 3. The van der Waals surface area contributed by atoms with E-state index >= 15 is 0 Å². The highest BCUT2D eigenvalue weighted by Crippen LogP contribution is 2.48. The lowest BCUT2D eigenvalue weighted by molar-refractivity contribution is -0.137. The van der Waals surface area contributed by atoms with Gasteiger partial charge in [-0.05, 0) is 49.0 Å². The van der Waals surface area contributed by atoms with E-state index in [-0.39, 0.29) is 11.8 Å². The van der Waals surface area contributed by atoms with Crippen LogP contribution in [0.1, 0.15) is 41.8 Å². The fraction of sp³-hybridized carbons (Fsp3) is 0.667. The van der Waals surface area contributed by atoms with Crippen molar-refractivity contribution in [1.29, 1.82) is 0 Å². The maximum atomic E-state index is 12.9. The van der Waals surface area contributed by atoms with Crippen LogP contribution in [0, 0.1) is 17.8 Å². The minimum atomic E-state index is 0.120. The lowest BCUT2D eigenvalue weighted by atomic mass is 9.87. The molecule has 4 rings (SSSR count). The molecule has 1 aromatic rings. The van der Waals surface area contributed by atoms with Gasteiger partial charge >= 0.3 is 0 Å². The molecule has 0 radical (unpaired) electrons. The summed E-state index contributed by atoms with van der Waals surface area (Å²) in [7, 11) is 0. The molecule has 2 saturated carbocycles. The second kappa shape index (κ2) is 6.27. The van der Waals surface area contributed by atoms with Gasteiger partial charge in [-0.3, -0.25) is 9.59 Å². The van der Waals surface area contributed by atoms with Crippen molar-refractivity contribution in [3.8, 4) is 0 Å². The Balaban J connectivity index is 1.37. The number of carbonyl (C=O) groups excluding carboxylic acids is 2. The van der Waals surface area contributed by atoms with Gasteiger partial charge in [-0.15, -0.1) is 11.3 Å². The number of rotatable bonds is 2. The Morgan fingerprint density at radius 2 is 1.87 bits per heavy atom. The summed E-state index contributed by atoms with van der Waals surface area (Å²) in [5.41, 5.74) is 0. The van der Waals surface area contributed by atoms with Gasteiger partial charge in [0.25, 0.3) is 5.91 Å². The standard InChI is InChI=1S/C18H24N2O2S/c21-17(15-12-13-4-5-14(15)11-13)19-6-2-7-20(9-8-19)18(22)16-3-1-10-23-16/h1,3,10,13-15H,2,4-9,11-12H2/t13-,14-,15-/m0/s1. The molecular weight excluding hydrogens is 308 g/mol. The Labute approximate surface area is 141 Å². The maximum absolute atomic E-state index is 12.9. The third-order valence-electron chi connectivity index (χ3n) is 5.88. The fourth-order valence-electron chi connectivity index (χ4n) is 4.68. The summed E-state index contributed by atoms with van der Waals surface area (Å²) >= 11 is 1.50. The van der Waals surface area contributed by atoms with Crippen LogP contribution in [-0.2, 0) is 4.79 Å². The van der Waals surface area contributed by atoms with Crippen molar-refractivity contribution in [3.05, 3.63) is 22.4 Å². The lowest BCUT2D eigenvalue weighted by Gasteiger charge is -2.28. The molecule has 23 heavy (non-hydrogen) atoms. The predicted molar refractivity (Wildman–Crippen MR) is 90.4 cm³/mol. The second-order valence-corrected chi connectivity index (χ2v) is 8.18. The predicted octanol–water partition coefficient (Wildman–Crippen LogP) is 2.86. The molecule has 3 atom stereocenters. The maximum Gasteiger partial charge on any atom is 0.263 e. The average Bonchev–Trinajstić information content (AvgIpc) is 3.28. The normalized spacial score (nSPS) is 30.5. The van der Waals surface area contributed by atoms with Crippen LogP contribution in [0.15, 0.2) is 17.5 Å². The molecule has 0 spiro atoms. The molecular formula is C18H24N2O2S. The van der Waals surface area contributed by atoms with Gasteiger partial charge < -0.3 is 9.80 Å². The van der Waals surface area contributed by atoms with E-state index in [0.717, 1.165) is 36.7 Å². The Morgan fingerprint density at radius 1 is 1.04 bits per heavy atom. The number of nitrogens with zero attached hydrogens (tertiary/aromatic N) is 2. The molecule has 0 unspecified atom stereocenters. The first-order chi connectivity index (χ1) is 11.2. The van der Waals surface area contributed by atoms with Crippen molar-refractivity contribution in [1.82, 2.24) is 9.80 Å². The van der Waals surface area contributed by atoms with E-state index in [2.05, 4.69) is 0 Å². The molecule has 5 heteroatoms. The second-order valence-electron chi connectivity index (χ2n) is 7.23. The highest BCUT2D eigenvalue weighted by atomic mass is 32.1. The molecule has 0 N–H and O–H groups in total. The fourth-order valence-corrected chi connectivity index (χ4v) is 5.37. The minimum Gasteiger partial charge on any atom is -0.341 e. The van der Waals surface area contributed by atoms with E-state index < -0.39 is 0 Å². The van der Waals surface area contributed by atoms with E-state index in [1.54, 1.807) is 0 Å². The van der Waals surface area contributed by atoms with E-state index in [0.29, 0.717) is 24.9 Å². The van der Waals surface area contributed by atoms with Crippen molar-refractivity contribution in [2.75, 3.05) is 26.2 Å². The molecule has 3 fully saturated rings. The zero-order chi connectivity index (χ0) is 15.8. The topological polar surface area (TPSA) is 40.6 Å². The smallest absolute Gasteiger partial charge is 0.263 e. The summed E-state index contributed by atoms with van der Waals surface area (Å²) in [5, 5.41) is 1.94. The quantitative estimate of drug-likeness (QED) is 0.835. The van der Waals surface area contributed by atoms with E-state index in [1.165, 1.54) is 30.6 Å². The minimum absolute atomic E-state index is 0.120. The number of fused-ring (bicyclic) bond motifs is 2. The van der Waals surface area contributed by atoms with E-state index in [9.17, 15) is 9.59 Å². The van der Waals surface area contributed by atoms with Gasteiger partial charge in [0.2, 0.25) is 5.91 Å². The molecule has 1 aromatic heterocycles. The Morgan fingerprint density at radius 3 is 2.57 bits per heavy atom. The van der Waals surface area contributed by atoms with Gasteiger partial charge in [0, 0.05) is 32.1 Å². The zero-order valence-corrected chi connectivity index (χ0v) is 14.3. The van der Waals surface area contributed by atoms with E-state index in [1.807, 2.05) is 27.3 Å². The third kappa shape index (κ3) is 2.91. The Bertz CT molecular complexity index is 586. The first-order valence-corrected chi connectivity index (χ1v) is 9.72. The molecule has 4 nitrogen and oxygen atoms in total. The first kappa shape index (κ1) is 15.2. The summed E-state index contributed by atoms with van der Waals surface area (Å²) in [4.78, 5) is 30.1. The van der Waals surface area contributed by atoms with Crippen LogP contribution >= 0.6 is 11.3 Å². The summed E-state index contributed by atoms with van der Waals surface area (Å²) < 4.78 is 0. The molecule has 2 amide bonds. The number of thiophene rings is 1. The average molecular weight is 332 g/mol. The molecule has 2 aliphatic carbocycles. The zero-order valence-electron chi connectivity index (χ0n) is 13.4. The first-order valence-electron chi connectivity index (χ1n) is 8.84. The Kier molecular flexibility index (Phi) is 4.14.